The minimum Gasteiger partial charge on any atom is -0.507 e. The van der Waals surface area contributed by atoms with Crippen LogP contribution in [0, 0.1) is 49.3 Å². The molecule has 0 spiro atoms. The predicted octanol–water partition coefficient (Wildman–Crippen LogP) is 6.88. The number of amides is 1. The Balaban J connectivity index is 1.04. The van der Waals surface area contributed by atoms with Crippen molar-refractivity contribution in [3.63, 3.8) is 0 Å². The number of Topliss-reactive ketones (excluding diaryl/α,β-unsaturated/α-hetero) is 1. The van der Waals surface area contributed by atoms with Crippen LogP contribution in [-0.2, 0) is 28.6 Å². The van der Waals surface area contributed by atoms with Crippen LogP contribution in [0.4, 0.5) is 10.1 Å². The Morgan fingerprint density at radius 1 is 0.963 bits per heavy atom. The van der Waals surface area contributed by atoms with E-state index >= 15 is 4.39 Å². The summed E-state index contributed by atoms with van der Waals surface area (Å²) in [6, 6.07) is 1.55. The van der Waals surface area contributed by atoms with Crippen molar-refractivity contribution in [2.45, 2.75) is 130 Å². The first-order valence-corrected chi connectivity index (χ1v) is 27.6. The van der Waals surface area contributed by atoms with Crippen molar-refractivity contribution in [3.8, 4) is 17.2 Å². The molecular weight excluding hydrogens is 1030 g/mol. The van der Waals surface area contributed by atoms with E-state index in [1.807, 2.05) is 11.1 Å². The van der Waals surface area contributed by atoms with Crippen LogP contribution in [-0.4, -0.2) is 137 Å². The van der Waals surface area contributed by atoms with Gasteiger partial charge in [0.05, 0.1) is 65.0 Å². The molecule has 5 bridgehead atoms. The Kier molecular flexibility index (Phi) is 16.6. The van der Waals surface area contributed by atoms with Gasteiger partial charge in [0.15, 0.2) is 28.5 Å². The first kappa shape index (κ1) is 57.8. The standard InChI is InChI=1S/C60H74FN5O14/c1-29-14-12-15-30(2)59(74)62-41-25-43(68)45-46(54(41)73)53(72)35(7)56-47(45)58(60(9,80-56)77-22-19-44(75-10)32(4)55(79-36(8)67)34(6)52(71)33(5)50(29)69)63-78-23-21-64-20-13-16-37-27-65(28-42(37)64)49-40(61)24-39-48(57(49)76-11)66(38-17-18-38)26-31(3)51(39)70/h12,14-15,19,22,24-26,29,32-34,37-38,42,44,50,52,55,69,71-72H,13,16-18,20-21,23,27-28H2,1-11H3,(H,62,74)/b14-12+,22-19+,30-15-,63-58+/t29-,32+,33+,34+,37-,42+,44-,50-,52+,55+,60-/m0/s1. The molecule has 11 atom stereocenters. The molecule has 2 aromatic carbocycles. The van der Waals surface area contributed by atoms with E-state index in [9.17, 15) is 39.3 Å². The number of pyridine rings is 1. The van der Waals surface area contributed by atoms with E-state index in [2.05, 4.69) is 19.9 Å². The van der Waals surface area contributed by atoms with Crippen LogP contribution in [0.15, 0.2) is 70.1 Å². The molecular formula is C60H74FN5O14. The lowest BCUT2D eigenvalue weighted by atomic mass is 9.78. The highest BCUT2D eigenvalue weighted by Crippen LogP contribution is 2.49. The number of methoxy groups -OCH3 is 2. The second kappa shape index (κ2) is 22.9. The largest absolute Gasteiger partial charge is 0.507 e. The number of nitrogens with one attached hydrogen (secondary N) is 1. The van der Waals surface area contributed by atoms with Crippen LogP contribution >= 0.6 is 0 Å². The Morgan fingerprint density at radius 2 is 1.70 bits per heavy atom. The number of ketones is 2. The van der Waals surface area contributed by atoms with Crippen LogP contribution in [0.1, 0.15) is 118 Å². The van der Waals surface area contributed by atoms with E-state index in [0.29, 0.717) is 47.5 Å². The summed E-state index contributed by atoms with van der Waals surface area (Å²) in [5.41, 5.74) is 0.426. The molecule has 5 aliphatic heterocycles. The number of aliphatic hydroxyl groups excluding tert-OH is 2. The number of ether oxygens (including phenoxy) is 5. The Hall–Kier alpha value is -6.87. The number of phenolic OH excluding ortho intramolecular Hbond substituents is 1. The fraction of sp³-hybridized carbons (Fsp3) is 0.533. The minimum atomic E-state index is -1.90. The molecule has 80 heavy (non-hydrogen) atoms. The van der Waals surface area contributed by atoms with Gasteiger partial charge in [-0.25, -0.2) is 4.39 Å². The SMILES string of the molecule is COc1c(N2C[C@@H]3CCCN(CCO/N=C4\c5c6c(C)c(O)c7c5C(=O)C=C(NC(=O)/C(C)=C\C=C\[C@H](C)[C@H](O)[C@@H](C)[C@@H](O)[C@@H](C)[C@H](OC(C)=O)[C@H](C)[C@@H](OC)/C=C/O[C@@]4(C)O6)C7=O)[C@@H]3C2)c(F)cc2c(=O)c(C)cn(C3CC3)c12. The maximum absolute atomic E-state index is 16.4. The molecule has 1 amide bonds. The molecule has 0 unspecified atom stereocenters. The average molecular weight is 1110 g/mol. The van der Waals surface area contributed by atoms with Crippen LogP contribution in [0.3, 0.4) is 0 Å². The quantitative estimate of drug-likeness (QED) is 0.0971. The van der Waals surface area contributed by atoms with E-state index < -0.39 is 88.9 Å². The molecule has 10 rings (SSSR count). The van der Waals surface area contributed by atoms with E-state index in [1.165, 1.54) is 60.3 Å². The molecule has 430 valence electrons. The Bertz CT molecular complexity index is 3210. The molecule has 7 aliphatic rings. The lowest BCUT2D eigenvalue weighted by Crippen LogP contribution is -2.46. The number of carbonyl (C=O) groups excluding carboxylic acids is 4. The van der Waals surface area contributed by atoms with Crippen molar-refractivity contribution in [2.24, 2.45) is 34.7 Å². The van der Waals surface area contributed by atoms with E-state index in [0.717, 1.165) is 38.3 Å². The van der Waals surface area contributed by atoms with Crippen molar-refractivity contribution in [3.05, 3.63) is 104 Å². The molecule has 20 heteroatoms. The highest BCUT2D eigenvalue weighted by atomic mass is 19.1. The number of nitrogens with zero attached hydrogens (tertiary/aromatic N) is 4. The van der Waals surface area contributed by atoms with Gasteiger partial charge in [-0.1, -0.05) is 51.1 Å². The number of rotatable bonds is 9. The monoisotopic (exact) mass is 1110 g/mol. The van der Waals surface area contributed by atoms with Crippen molar-refractivity contribution >= 4 is 45.7 Å². The van der Waals surface area contributed by atoms with Crippen molar-refractivity contribution in [1.29, 1.82) is 0 Å². The number of benzene rings is 2. The average Bonchev–Trinajstić information content (AvgIpc) is 4.24. The minimum absolute atomic E-state index is 0.00508. The number of anilines is 1. The molecule has 1 aromatic heterocycles. The number of halogens is 1. The van der Waals surface area contributed by atoms with Gasteiger partial charge in [0.2, 0.25) is 5.78 Å². The molecule has 3 aromatic rings. The van der Waals surface area contributed by atoms with Gasteiger partial charge in [-0.15, -0.1) is 0 Å². The Labute approximate surface area is 464 Å². The number of aromatic hydroxyl groups is 1. The number of allylic oxidation sites excluding steroid dienone is 4. The van der Waals surface area contributed by atoms with Gasteiger partial charge in [0.1, 0.15) is 29.9 Å². The maximum Gasteiger partial charge on any atom is 0.302 e. The summed E-state index contributed by atoms with van der Waals surface area (Å²) in [6.07, 6.45) is 10.1. The van der Waals surface area contributed by atoms with Crippen molar-refractivity contribution in [2.75, 3.05) is 51.9 Å². The number of carbonyl (C=O) groups is 4. The number of hydrogen-bond acceptors (Lipinski definition) is 17. The summed E-state index contributed by atoms with van der Waals surface area (Å²) >= 11 is 0. The van der Waals surface area contributed by atoms with Crippen LogP contribution in [0.25, 0.3) is 10.9 Å². The molecule has 0 radical (unpaired) electrons. The summed E-state index contributed by atoms with van der Waals surface area (Å²) in [5.74, 6) is -7.95. The molecule has 6 heterocycles. The summed E-state index contributed by atoms with van der Waals surface area (Å²) in [4.78, 5) is 78.9. The first-order valence-electron chi connectivity index (χ1n) is 27.6. The number of piperidine rings is 1. The van der Waals surface area contributed by atoms with E-state index in [1.54, 1.807) is 52.8 Å². The fourth-order valence-corrected chi connectivity index (χ4v) is 12.5. The van der Waals surface area contributed by atoms with E-state index in [4.69, 9.17) is 28.5 Å². The summed E-state index contributed by atoms with van der Waals surface area (Å²) in [6.45, 7) is 16.7. The van der Waals surface area contributed by atoms with Gasteiger partial charge >= 0.3 is 5.97 Å². The van der Waals surface area contributed by atoms with Gasteiger partial charge in [0, 0.05) is 105 Å². The zero-order valence-corrected chi connectivity index (χ0v) is 47.3. The van der Waals surface area contributed by atoms with Crippen LogP contribution in [0.5, 0.6) is 17.2 Å². The zero-order valence-electron chi connectivity index (χ0n) is 47.3. The number of esters is 1. The lowest BCUT2D eigenvalue weighted by molar-refractivity contribution is -0.160. The van der Waals surface area contributed by atoms with Gasteiger partial charge < -0.3 is 58.6 Å². The summed E-state index contributed by atoms with van der Waals surface area (Å²) in [7, 11) is 2.97. The third-order valence-corrected chi connectivity index (χ3v) is 17.2. The predicted molar refractivity (Wildman–Crippen MR) is 295 cm³/mol. The third kappa shape index (κ3) is 10.7. The second-order valence-corrected chi connectivity index (χ2v) is 22.7. The number of aromatic nitrogens is 1. The highest BCUT2D eigenvalue weighted by Gasteiger charge is 2.51. The summed E-state index contributed by atoms with van der Waals surface area (Å²) < 4.78 is 49.2. The number of aryl methyl sites for hydroxylation is 1. The number of fused-ring (bicyclic) bond motifs is 16. The second-order valence-electron chi connectivity index (χ2n) is 22.7. The number of phenols is 1. The first-order chi connectivity index (χ1) is 38.0. The van der Waals surface area contributed by atoms with Crippen molar-refractivity contribution < 1.29 is 67.4 Å². The van der Waals surface area contributed by atoms with Gasteiger partial charge in [0.25, 0.3) is 11.7 Å². The molecule has 19 nitrogen and oxygen atoms in total. The maximum atomic E-state index is 16.4. The van der Waals surface area contributed by atoms with Gasteiger partial charge in [-0.3, -0.25) is 28.9 Å². The molecule has 4 N–H and O–H groups in total. The molecule has 1 saturated carbocycles. The van der Waals surface area contributed by atoms with Crippen LogP contribution in [0.2, 0.25) is 0 Å². The molecule has 2 aliphatic carbocycles. The Morgan fingerprint density at radius 3 is 2.39 bits per heavy atom. The number of hydrogen-bond donors (Lipinski definition) is 4. The van der Waals surface area contributed by atoms with Crippen LogP contribution < -0.4 is 25.1 Å². The molecule has 3 fully saturated rings. The van der Waals surface area contributed by atoms with Gasteiger partial charge in [-0.05, 0) is 71.1 Å². The normalized spacial score (nSPS) is 31.4. The number of likely N-dealkylation sites (tertiary alicyclic amines) is 1. The number of oxime groups is 1. The zero-order chi connectivity index (χ0) is 57.8. The summed E-state index contributed by atoms with van der Waals surface area (Å²) in [5, 5.41) is 42.3. The molecule has 2 saturated heterocycles. The van der Waals surface area contributed by atoms with Gasteiger partial charge in [-0.2, -0.15) is 0 Å². The fourth-order valence-electron chi connectivity index (χ4n) is 12.5. The smallest absolute Gasteiger partial charge is 0.302 e. The topological polar surface area (TPSA) is 237 Å². The third-order valence-electron chi connectivity index (χ3n) is 17.2. The number of aliphatic hydroxyl groups is 2. The highest BCUT2D eigenvalue weighted by molar-refractivity contribution is 6.31. The van der Waals surface area contributed by atoms with Crippen molar-refractivity contribution in [1.82, 2.24) is 14.8 Å². The van der Waals surface area contributed by atoms with E-state index in [-0.39, 0.29) is 75.0 Å². The lowest BCUT2D eigenvalue weighted by Gasteiger charge is -2.38.